The Morgan fingerprint density at radius 2 is 1.94 bits per heavy atom. The summed E-state index contributed by atoms with van der Waals surface area (Å²) in [5.41, 5.74) is 1.96. The van der Waals surface area contributed by atoms with Crippen LogP contribution in [0.2, 0.25) is 0 Å². The largest absolute Gasteiger partial charge is 0.193 e. The number of rotatable bonds is 2. The molecule has 0 atom stereocenters. The normalized spacial score (nSPS) is 11.1. The van der Waals surface area contributed by atoms with E-state index in [4.69, 9.17) is 5.26 Å². The summed E-state index contributed by atoms with van der Waals surface area (Å²) >= 11 is 1.70. The van der Waals surface area contributed by atoms with Crippen LogP contribution in [0.15, 0.2) is 48.0 Å². The van der Waals surface area contributed by atoms with Crippen molar-refractivity contribution in [2.24, 2.45) is 0 Å². The van der Waals surface area contributed by atoms with Gasteiger partial charge in [0.2, 0.25) is 0 Å². The summed E-state index contributed by atoms with van der Waals surface area (Å²) in [7, 11) is 0. The van der Waals surface area contributed by atoms with Gasteiger partial charge in [0.05, 0.1) is 6.07 Å². The molecular formula is C14H11NS. The third-order valence-corrected chi connectivity index (χ3v) is 3.30. The van der Waals surface area contributed by atoms with Crippen LogP contribution in [0.4, 0.5) is 0 Å². The molecule has 78 valence electrons. The lowest BCUT2D eigenvalue weighted by Crippen LogP contribution is -1.67. The van der Waals surface area contributed by atoms with Crippen LogP contribution < -0.4 is 0 Å². The van der Waals surface area contributed by atoms with Gasteiger partial charge in [-0.25, -0.2) is 0 Å². The highest BCUT2D eigenvalue weighted by molar-refractivity contribution is 7.16. The lowest BCUT2D eigenvalue weighted by molar-refractivity contribution is 1.46. The van der Waals surface area contributed by atoms with Crippen molar-refractivity contribution in [1.82, 2.24) is 0 Å². The Bertz CT molecular complexity index is 544. The number of allylic oxidation sites excluding steroid dienone is 1. The maximum absolute atomic E-state index is 8.71. The van der Waals surface area contributed by atoms with Crippen LogP contribution >= 0.6 is 11.3 Å². The van der Waals surface area contributed by atoms with Crippen LogP contribution in [0.25, 0.3) is 16.5 Å². The SMILES string of the molecule is C/C(C#N)=C/c1ccc(-c2ccccc2)s1. The molecule has 16 heavy (non-hydrogen) atoms. The highest BCUT2D eigenvalue weighted by Gasteiger charge is 2.00. The second kappa shape index (κ2) is 4.78. The first-order valence-electron chi connectivity index (χ1n) is 5.03. The Hall–Kier alpha value is -1.85. The lowest BCUT2D eigenvalue weighted by atomic mass is 10.2. The molecule has 0 aliphatic carbocycles. The summed E-state index contributed by atoms with van der Waals surface area (Å²) in [6.07, 6.45) is 1.91. The second-order valence-corrected chi connectivity index (χ2v) is 4.62. The summed E-state index contributed by atoms with van der Waals surface area (Å²) in [5, 5.41) is 8.71. The molecule has 0 bridgehead atoms. The number of hydrogen-bond acceptors (Lipinski definition) is 2. The third-order valence-electron chi connectivity index (χ3n) is 2.22. The number of thiophene rings is 1. The molecule has 2 aromatic rings. The molecule has 0 saturated carbocycles. The fourth-order valence-electron chi connectivity index (χ4n) is 1.43. The van der Waals surface area contributed by atoms with E-state index in [-0.39, 0.29) is 0 Å². The molecule has 0 N–H and O–H groups in total. The molecule has 1 heterocycles. The average Bonchev–Trinajstić information content (AvgIpc) is 2.78. The summed E-state index contributed by atoms with van der Waals surface area (Å²) in [4.78, 5) is 2.36. The summed E-state index contributed by atoms with van der Waals surface area (Å²) < 4.78 is 0. The van der Waals surface area contributed by atoms with Crippen LogP contribution in [-0.4, -0.2) is 0 Å². The van der Waals surface area contributed by atoms with Gasteiger partial charge in [0, 0.05) is 15.3 Å². The van der Waals surface area contributed by atoms with Crippen molar-refractivity contribution in [3.8, 4) is 16.5 Å². The van der Waals surface area contributed by atoms with Crippen molar-refractivity contribution in [3.63, 3.8) is 0 Å². The fraction of sp³-hybridized carbons (Fsp3) is 0.0714. The van der Waals surface area contributed by atoms with Crippen molar-refractivity contribution in [2.45, 2.75) is 6.92 Å². The van der Waals surface area contributed by atoms with Crippen molar-refractivity contribution in [1.29, 1.82) is 5.26 Å². The van der Waals surface area contributed by atoms with Gasteiger partial charge in [-0.15, -0.1) is 11.3 Å². The highest BCUT2D eigenvalue weighted by Crippen LogP contribution is 2.28. The third kappa shape index (κ3) is 2.39. The van der Waals surface area contributed by atoms with Gasteiger partial charge in [0.25, 0.3) is 0 Å². The van der Waals surface area contributed by atoms with E-state index in [2.05, 4.69) is 24.3 Å². The Morgan fingerprint density at radius 1 is 1.19 bits per heavy atom. The Labute approximate surface area is 99.3 Å². The standard InChI is InChI=1S/C14H11NS/c1-11(10-15)9-13-7-8-14(16-13)12-5-3-2-4-6-12/h2-9H,1H3/b11-9-. The molecule has 2 heteroatoms. The Balaban J connectivity index is 2.31. The minimum absolute atomic E-state index is 0.737. The Kier molecular flexibility index (Phi) is 3.19. The minimum atomic E-state index is 0.737. The van der Waals surface area contributed by atoms with Crippen LogP contribution in [0.3, 0.4) is 0 Å². The molecule has 1 aromatic carbocycles. The van der Waals surface area contributed by atoms with Gasteiger partial charge < -0.3 is 0 Å². The average molecular weight is 225 g/mol. The van der Waals surface area contributed by atoms with Crippen LogP contribution in [0.1, 0.15) is 11.8 Å². The molecule has 0 saturated heterocycles. The highest BCUT2D eigenvalue weighted by atomic mass is 32.1. The predicted molar refractivity (Wildman–Crippen MR) is 69.0 cm³/mol. The van der Waals surface area contributed by atoms with Gasteiger partial charge in [-0.05, 0) is 30.7 Å². The Morgan fingerprint density at radius 3 is 2.62 bits per heavy atom. The molecule has 0 amide bonds. The van der Waals surface area contributed by atoms with Crippen LogP contribution in [0, 0.1) is 11.3 Å². The molecule has 0 aliphatic heterocycles. The van der Waals surface area contributed by atoms with E-state index < -0.39 is 0 Å². The van der Waals surface area contributed by atoms with Gasteiger partial charge >= 0.3 is 0 Å². The molecule has 0 unspecified atom stereocenters. The zero-order valence-corrected chi connectivity index (χ0v) is 9.79. The van der Waals surface area contributed by atoms with E-state index in [0.717, 1.165) is 10.5 Å². The molecular weight excluding hydrogens is 214 g/mol. The van der Waals surface area contributed by atoms with Gasteiger partial charge in [-0.1, -0.05) is 30.3 Å². The first-order chi connectivity index (χ1) is 7.79. The van der Waals surface area contributed by atoms with Crippen molar-refractivity contribution in [3.05, 3.63) is 52.9 Å². The maximum Gasteiger partial charge on any atom is 0.0944 e. The number of nitrogens with zero attached hydrogens (tertiary/aromatic N) is 1. The van der Waals surface area contributed by atoms with Crippen molar-refractivity contribution < 1.29 is 0 Å². The van der Waals surface area contributed by atoms with Crippen LogP contribution in [0.5, 0.6) is 0 Å². The lowest BCUT2D eigenvalue weighted by Gasteiger charge is -1.94. The molecule has 1 nitrogen and oxygen atoms in total. The number of hydrogen-bond donors (Lipinski definition) is 0. The molecule has 0 aliphatic rings. The summed E-state index contributed by atoms with van der Waals surface area (Å²) in [5.74, 6) is 0. The van der Waals surface area contributed by atoms with Gasteiger partial charge in [0.15, 0.2) is 0 Å². The van der Waals surface area contributed by atoms with E-state index >= 15 is 0 Å². The minimum Gasteiger partial charge on any atom is -0.193 e. The van der Waals surface area contributed by atoms with Gasteiger partial charge in [-0.2, -0.15) is 5.26 Å². The summed E-state index contributed by atoms with van der Waals surface area (Å²) in [6, 6.07) is 16.5. The number of benzene rings is 1. The van der Waals surface area contributed by atoms with E-state index in [1.165, 1.54) is 10.4 Å². The van der Waals surface area contributed by atoms with Gasteiger partial charge in [-0.3, -0.25) is 0 Å². The topological polar surface area (TPSA) is 23.8 Å². The van der Waals surface area contributed by atoms with E-state index in [0.29, 0.717) is 0 Å². The quantitative estimate of drug-likeness (QED) is 0.697. The maximum atomic E-state index is 8.71. The first-order valence-corrected chi connectivity index (χ1v) is 5.85. The predicted octanol–water partition coefficient (Wildman–Crippen LogP) is 4.34. The summed E-state index contributed by atoms with van der Waals surface area (Å²) in [6.45, 7) is 1.82. The molecule has 1 aromatic heterocycles. The number of nitriles is 1. The smallest absolute Gasteiger partial charge is 0.0944 e. The van der Waals surface area contributed by atoms with Crippen LogP contribution in [-0.2, 0) is 0 Å². The second-order valence-electron chi connectivity index (χ2n) is 3.51. The molecule has 2 rings (SSSR count). The van der Waals surface area contributed by atoms with Crippen molar-refractivity contribution in [2.75, 3.05) is 0 Å². The molecule has 0 radical (unpaired) electrons. The fourth-order valence-corrected chi connectivity index (χ4v) is 2.45. The van der Waals surface area contributed by atoms with E-state index in [9.17, 15) is 0 Å². The monoisotopic (exact) mass is 225 g/mol. The van der Waals surface area contributed by atoms with E-state index in [1.54, 1.807) is 11.3 Å². The van der Waals surface area contributed by atoms with Crippen molar-refractivity contribution >= 4 is 17.4 Å². The first kappa shape index (κ1) is 10.7. The molecule has 0 fully saturated rings. The van der Waals surface area contributed by atoms with Gasteiger partial charge in [0.1, 0.15) is 0 Å². The van der Waals surface area contributed by atoms with E-state index in [1.807, 2.05) is 37.3 Å². The molecule has 0 spiro atoms. The zero-order valence-electron chi connectivity index (χ0n) is 8.97. The zero-order chi connectivity index (χ0) is 11.4.